The number of hydrogen-bond donors (Lipinski definition) is 3. The summed E-state index contributed by atoms with van der Waals surface area (Å²) in [6.45, 7) is 0.291. The van der Waals surface area contributed by atoms with Crippen molar-refractivity contribution in [2.45, 2.75) is 31.5 Å². The topological polar surface area (TPSA) is 106 Å². The van der Waals surface area contributed by atoms with Gasteiger partial charge in [-0.05, 0) is 66.4 Å². The van der Waals surface area contributed by atoms with Crippen LogP contribution in [0.1, 0.15) is 29.6 Å². The van der Waals surface area contributed by atoms with Crippen molar-refractivity contribution in [1.29, 1.82) is 0 Å². The lowest BCUT2D eigenvalue weighted by atomic mass is 9.98. The standard InChI is InChI=1S/C25H29N3O5S2/c1-32-25(31)20(12-13-35-2)27-24(30)18-9-8-17(14-19(18)16-6-4-3-5-7-16)33-23(34)15-26-21-10-11-22(29)28-21/h3-9,14,20-21,26H,10-13,15H2,1-2H3,(H,27,30)(H,28,29)/t20-,21-/m0/s1. The number of benzene rings is 2. The first-order valence-corrected chi connectivity index (χ1v) is 13.0. The number of rotatable bonds is 11. The van der Waals surface area contributed by atoms with Crippen molar-refractivity contribution >= 4 is 46.8 Å². The van der Waals surface area contributed by atoms with Crippen LogP contribution in [-0.2, 0) is 14.3 Å². The SMILES string of the molecule is COC(=O)[C@H](CCSC)NC(=O)c1ccc(OC(=S)CN[C@@H]2CCC(=O)N2)cc1-c1ccccc1. The lowest BCUT2D eigenvalue weighted by Crippen LogP contribution is -2.42. The summed E-state index contributed by atoms with van der Waals surface area (Å²) in [7, 11) is 1.31. The van der Waals surface area contributed by atoms with Gasteiger partial charge in [-0.1, -0.05) is 30.3 Å². The molecule has 35 heavy (non-hydrogen) atoms. The molecule has 0 unspecified atom stereocenters. The molecule has 1 aliphatic rings. The molecule has 0 aliphatic carbocycles. The number of hydrogen-bond acceptors (Lipinski definition) is 8. The second-order valence-electron chi connectivity index (χ2n) is 7.92. The van der Waals surface area contributed by atoms with Gasteiger partial charge in [0.25, 0.3) is 5.91 Å². The Kier molecular flexibility index (Phi) is 10.1. The van der Waals surface area contributed by atoms with Crippen LogP contribution < -0.4 is 20.7 Å². The van der Waals surface area contributed by atoms with Gasteiger partial charge in [0.2, 0.25) is 5.91 Å². The molecule has 2 amide bonds. The van der Waals surface area contributed by atoms with Gasteiger partial charge in [0, 0.05) is 12.0 Å². The van der Waals surface area contributed by atoms with E-state index in [4.69, 9.17) is 21.7 Å². The minimum absolute atomic E-state index is 0.0126. The molecule has 2 aromatic carbocycles. The lowest BCUT2D eigenvalue weighted by molar-refractivity contribution is -0.142. The molecule has 2 aromatic rings. The highest BCUT2D eigenvalue weighted by atomic mass is 32.2. The Morgan fingerprint density at radius 1 is 1.23 bits per heavy atom. The van der Waals surface area contributed by atoms with Crippen LogP contribution in [0.2, 0.25) is 0 Å². The smallest absolute Gasteiger partial charge is 0.328 e. The summed E-state index contributed by atoms with van der Waals surface area (Å²) in [6, 6.07) is 13.8. The fraction of sp³-hybridized carbons (Fsp3) is 0.360. The fourth-order valence-electron chi connectivity index (χ4n) is 3.65. The van der Waals surface area contributed by atoms with Crippen molar-refractivity contribution < 1.29 is 23.9 Å². The number of amides is 2. The van der Waals surface area contributed by atoms with Crippen molar-refractivity contribution in [2.75, 3.05) is 25.7 Å². The third-order valence-electron chi connectivity index (χ3n) is 5.44. The van der Waals surface area contributed by atoms with E-state index in [1.54, 1.807) is 30.0 Å². The Hall–Kier alpha value is -2.95. The van der Waals surface area contributed by atoms with Crippen molar-refractivity contribution in [2.24, 2.45) is 0 Å². The van der Waals surface area contributed by atoms with Gasteiger partial charge in [-0.25, -0.2) is 4.79 Å². The van der Waals surface area contributed by atoms with Crippen LogP contribution >= 0.6 is 24.0 Å². The Morgan fingerprint density at radius 3 is 2.66 bits per heavy atom. The van der Waals surface area contributed by atoms with Crippen LogP contribution in [0.15, 0.2) is 48.5 Å². The lowest BCUT2D eigenvalue weighted by Gasteiger charge is -2.18. The number of ether oxygens (including phenoxy) is 2. The van der Waals surface area contributed by atoms with Gasteiger partial charge < -0.3 is 20.1 Å². The van der Waals surface area contributed by atoms with E-state index in [-0.39, 0.29) is 18.0 Å². The van der Waals surface area contributed by atoms with E-state index in [0.717, 1.165) is 5.56 Å². The zero-order valence-corrected chi connectivity index (χ0v) is 21.3. The Morgan fingerprint density at radius 2 is 2.00 bits per heavy atom. The van der Waals surface area contributed by atoms with E-state index in [9.17, 15) is 14.4 Å². The van der Waals surface area contributed by atoms with E-state index in [1.807, 2.05) is 36.6 Å². The van der Waals surface area contributed by atoms with Crippen molar-refractivity contribution in [3.63, 3.8) is 0 Å². The molecule has 1 heterocycles. The minimum Gasteiger partial charge on any atom is -0.467 e. The summed E-state index contributed by atoms with van der Waals surface area (Å²) in [5, 5.41) is 9.09. The molecule has 1 aliphatic heterocycles. The van der Waals surface area contributed by atoms with E-state index >= 15 is 0 Å². The highest BCUT2D eigenvalue weighted by Gasteiger charge is 2.24. The zero-order chi connectivity index (χ0) is 25.2. The summed E-state index contributed by atoms with van der Waals surface area (Å²) in [5.41, 5.74) is 1.87. The number of nitrogens with one attached hydrogen (secondary N) is 3. The minimum atomic E-state index is -0.741. The van der Waals surface area contributed by atoms with Crippen LogP contribution in [0.4, 0.5) is 0 Å². The van der Waals surface area contributed by atoms with Crippen molar-refractivity contribution in [1.82, 2.24) is 16.0 Å². The number of esters is 1. The van der Waals surface area contributed by atoms with Gasteiger partial charge in [-0.2, -0.15) is 11.8 Å². The molecule has 0 saturated carbocycles. The average Bonchev–Trinajstić information content (AvgIpc) is 3.30. The predicted molar refractivity (Wildman–Crippen MR) is 141 cm³/mol. The summed E-state index contributed by atoms with van der Waals surface area (Å²) < 4.78 is 10.7. The first-order valence-electron chi connectivity index (χ1n) is 11.2. The maximum absolute atomic E-state index is 13.2. The van der Waals surface area contributed by atoms with Crippen molar-refractivity contribution in [3.8, 4) is 16.9 Å². The van der Waals surface area contributed by atoms with Crippen LogP contribution in [0.3, 0.4) is 0 Å². The molecule has 0 spiro atoms. The summed E-state index contributed by atoms with van der Waals surface area (Å²) in [4.78, 5) is 36.7. The maximum Gasteiger partial charge on any atom is 0.328 e. The Labute approximate surface area is 214 Å². The zero-order valence-electron chi connectivity index (χ0n) is 19.7. The molecule has 1 saturated heterocycles. The van der Waals surface area contributed by atoms with Gasteiger partial charge in [-0.15, -0.1) is 0 Å². The molecule has 10 heteroatoms. The molecule has 0 radical (unpaired) electrons. The number of thiocarbonyl (C=S) groups is 1. The number of carbonyl (C=O) groups excluding carboxylic acids is 3. The molecule has 3 N–H and O–H groups in total. The van der Waals surface area contributed by atoms with E-state index in [1.165, 1.54) is 7.11 Å². The van der Waals surface area contributed by atoms with Crippen molar-refractivity contribution in [3.05, 3.63) is 54.1 Å². The van der Waals surface area contributed by atoms with Gasteiger partial charge in [0.15, 0.2) is 5.05 Å². The molecule has 0 aromatic heterocycles. The highest BCUT2D eigenvalue weighted by Crippen LogP contribution is 2.28. The molecule has 0 bridgehead atoms. The molecule has 1 fully saturated rings. The average molecular weight is 516 g/mol. The third-order valence-corrected chi connectivity index (χ3v) is 6.31. The van der Waals surface area contributed by atoms with Crippen LogP contribution in [0.5, 0.6) is 5.75 Å². The Bertz CT molecular complexity index is 1060. The number of thioether (sulfide) groups is 1. The Balaban J connectivity index is 1.77. The fourth-order valence-corrected chi connectivity index (χ4v) is 4.30. The quantitative estimate of drug-likeness (QED) is 0.310. The summed E-state index contributed by atoms with van der Waals surface area (Å²) >= 11 is 6.94. The van der Waals surface area contributed by atoms with E-state index < -0.39 is 12.0 Å². The summed E-state index contributed by atoms with van der Waals surface area (Å²) in [6.07, 6.45) is 3.47. The monoisotopic (exact) mass is 515 g/mol. The molecular weight excluding hydrogens is 486 g/mol. The second-order valence-corrected chi connectivity index (χ2v) is 9.36. The van der Waals surface area contributed by atoms with Crippen LogP contribution in [-0.4, -0.2) is 60.7 Å². The second kappa shape index (κ2) is 13.2. The molecule has 3 rings (SSSR count). The van der Waals surface area contributed by atoms with Crippen LogP contribution in [0.25, 0.3) is 11.1 Å². The third kappa shape index (κ3) is 7.78. The molecule has 8 nitrogen and oxygen atoms in total. The number of carbonyl (C=O) groups is 3. The highest BCUT2D eigenvalue weighted by molar-refractivity contribution is 7.98. The van der Waals surface area contributed by atoms with Gasteiger partial charge >= 0.3 is 5.97 Å². The molecule has 186 valence electrons. The van der Waals surface area contributed by atoms with Gasteiger partial charge in [-0.3, -0.25) is 14.9 Å². The summed E-state index contributed by atoms with van der Waals surface area (Å²) in [5.74, 6) is 0.333. The first-order chi connectivity index (χ1) is 16.9. The first kappa shape index (κ1) is 26.7. The largest absolute Gasteiger partial charge is 0.467 e. The van der Waals surface area contributed by atoms with E-state index in [2.05, 4.69) is 16.0 Å². The van der Waals surface area contributed by atoms with Crippen LogP contribution in [0, 0.1) is 0 Å². The van der Waals surface area contributed by atoms with E-state index in [0.29, 0.717) is 53.5 Å². The van der Waals surface area contributed by atoms with Gasteiger partial charge in [0.1, 0.15) is 11.8 Å². The number of methoxy groups -OCH3 is 1. The predicted octanol–water partition coefficient (Wildman–Crippen LogP) is 2.91. The maximum atomic E-state index is 13.2. The normalized spacial score (nSPS) is 15.7. The molecule has 2 atom stereocenters. The molecular formula is C25H29N3O5S2. The van der Waals surface area contributed by atoms with Gasteiger partial charge in [0.05, 0.1) is 19.8 Å².